The van der Waals surface area contributed by atoms with Gasteiger partial charge in [-0.25, -0.2) is 9.18 Å². The van der Waals surface area contributed by atoms with Crippen molar-refractivity contribution in [3.05, 3.63) is 83.9 Å². The minimum absolute atomic E-state index is 0.208. The molecular weight excluding hydrogens is 449 g/mol. The average molecular weight is 478 g/mol. The molecule has 0 bridgehead atoms. The predicted octanol–water partition coefficient (Wildman–Crippen LogP) is 4.41. The molecule has 1 fully saturated rings. The van der Waals surface area contributed by atoms with Gasteiger partial charge < -0.3 is 15.2 Å². The first-order chi connectivity index (χ1) is 16.9. The molecule has 4 rings (SSSR count). The van der Waals surface area contributed by atoms with Crippen LogP contribution >= 0.6 is 0 Å². The summed E-state index contributed by atoms with van der Waals surface area (Å²) in [5, 5.41) is 13.1. The number of anilines is 1. The number of benzene rings is 2. The Morgan fingerprint density at radius 2 is 1.94 bits per heavy atom. The summed E-state index contributed by atoms with van der Waals surface area (Å²) in [5.74, 6) is -0.676. The Bertz CT molecular complexity index is 1170. The maximum atomic E-state index is 15.0. The maximum Gasteiger partial charge on any atom is 0.414 e. The smallest absolute Gasteiger partial charge is 0.414 e. The van der Waals surface area contributed by atoms with Crippen LogP contribution in [0, 0.1) is 5.82 Å². The summed E-state index contributed by atoms with van der Waals surface area (Å²) in [6.45, 7) is 1.83. The van der Waals surface area contributed by atoms with E-state index in [0.717, 1.165) is 18.4 Å². The zero-order chi connectivity index (χ0) is 24.8. The number of carbonyl (C=O) groups excluding carboxylic acids is 2. The Balaban J connectivity index is 1.37. The molecule has 35 heavy (non-hydrogen) atoms. The van der Waals surface area contributed by atoms with Gasteiger partial charge in [0, 0.05) is 24.9 Å². The topological polar surface area (TPSA) is 91.8 Å². The van der Waals surface area contributed by atoms with Gasteiger partial charge in [-0.05, 0) is 66.3 Å². The van der Waals surface area contributed by atoms with E-state index in [1.54, 1.807) is 36.7 Å². The number of nitrogens with one attached hydrogen (secondary N) is 1. The number of hydrogen-bond acceptors (Lipinski definition) is 5. The number of cyclic esters (lactones) is 1. The van der Waals surface area contributed by atoms with Crippen LogP contribution in [0.2, 0.25) is 0 Å². The van der Waals surface area contributed by atoms with Crippen LogP contribution in [-0.4, -0.2) is 41.3 Å². The fourth-order valence-corrected chi connectivity index (χ4v) is 4.10. The van der Waals surface area contributed by atoms with Crippen molar-refractivity contribution in [2.24, 2.45) is 0 Å². The lowest BCUT2D eigenvalue weighted by Gasteiger charge is -2.15. The molecule has 2 amide bonds. The summed E-state index contributed by atoms with van der Waals surface area (Å²) < 4.78 is 20.2. The van der Waals surface area contributed by atoms with Gasteiger partial charge in [0.1, 0.15) is 11.9 Å². The Morgan fingerprint density at radius 3 is 2.63 bits per heavy atom. The highest BCUT2D eigenvalue weighted by atomic mass is 19.1. The number of nitrogens with zero attached hydrogens (tertiary/aromatic N) is 2. The number of aromatic nitrogens is 1. The lowest BCUT2D eigenvalue weighted by molar-refractivity contribution is -0.119. The summed E-state index contributed by atoms with van der Waals surface area (Å²) in [4.78, 5) is 28.6. The fourth-order valence-electron chi connectivity index (χ4n) is 4.10. The number of rotatable bonds is 9. The van der Waals surface area contributed by atoms with Crippen LogP contribution in [0.5, 0.6) is 0 Å². The number of carbonyl (C=O) groups is 2. The minimum atomic E-state index is -0.593. The minimum Gasteiger partial charge on any atom is -0.442 e. The van der Waals surface area contributed by atoms with Crippen LogP contribution in [0.4, 0.5) is 14.9 Å². The molecule has 7 nitrogen and oxygen atoms in total. The second kappa shape index (κ2) is 11.1. The average Bonchev–Trinajstić information content (AvgIpc) is 3.24. The van der Waals surface area contributed by atoms with Gasteiger partial charge in [-0.1, -0.05) is 24.3 Å². The van der Waals surface area contributed by atoms with Crippen molar-refractivity contribution in [3.8, 4) is 11.1 Å². The molecule has 2 aromatic carbocycles. The lowest BCUT2D eigenvalue weighted by atomic mass is 9.98. The first-order valence-corrected chi connectivity index (χ1v) is 11.6. The maximum absolute atomic E-state index is 15.0. The van der Waals surface area contributed by atoms with Crippen molar-refractivity contribution >= 4 is 17.7 Å². The second-order valence-electron chi connectivity index (χ2n) is 8.60. The first-order valence-electron chi connectivity index (χ1n) is 11.6. The van der Waals surface area contributed by atoms with E-state index >= 15 is 0 Å². The van der Waals surface area contributed by atoms with Crippen LogP contribution in [0.25, 0.3) is 11.1 Å². The van der Waals surface area contributed by atoms with Gasteiger partial charge in [-0.15, -0.1) is 0 Å². The van der Waals surface area contributed by atoms with Crippen LogP contribution in [0.1, 0.15) is 37.0 Å². The summed E-state index contributed by atoms with van der Waals surface area (Å²) in [6.07, 6.45) is 4.20. The summed E-state index contributed by atoms with van der Waals surface area (Å²) in [5.41, 5.74) is 3.43. The number of pyridine rings is 1. The molecule has 1 saturated heterocycles. The molecule has 0 saturated carbocycles. The monoisotopic (exact) mass is 477 g/mol. The van der Waals surface area contributed by atoms with Crippen molar-refractivity contribution < 1.29 is 23.8 Å². The Hall–Kier alpha value is -3.78. The third-order valence-corrected chi connectivity index (χ3v) is 6.02. The van der Waals surface area contributed by atoms with Crippen molar-refractivity contribution in [1.29, 1.82) is 0 Å². The van der Waals surface area contributed by atoms with E-state index in [2.05, 4.69) is 10.3 Å². The van der Waals surface area contributed by atoms with Crippen LogP contribution in [0.15, 0.2) is 67.0 Å². The van der Waals surface area contributed by atoms with Crippen molar-refractivity contribution in [2.75, 3.05) is 18.0 Å². The highest BCUT2D eigenvalue weighted by molar-refractivity contribution is 5.90. The van der Waals surface area contributed by atoms with E-state index in [9.17, 15) is 19.1 Å². The summed E-state index contributed by atoms with van der Waals surface area (Å²) >= 11 is 0. The van der Waals surface area contributed by atoms with E-state index in [1.165, 1.54) is 23.5 Å². The van der Waals surface area contributed by atoms with Gasteiger partial charge in [0.05, 0.1) is 24.9 Å². The molecule has 0 spiro atoms. The number of hydrogen-bond donors (Lipinski definition) is 2. The van der Waals surface area contributed by atoms with E-state index in [0.29, 0.717) is 23.2 Å². The van der Waals surface area contributed by atoms with Gasteiger partial charge in [0.2, 0.25) is 5.91 Å². The van der Waals surface area contributed by atoms with Crippen molar-refractivity contribution in [1.82, 2.24) is 10.3 Å². The standard InChI is InChI=1S/C27H28FN3O4/c1-18(32)30-16-23-17-31(27(34)35-23)22-9-10-24(25(28)15-22)20-5-7-21(8-6-20)26(33)4-2-3-19-11-13-29-14-12-19/h5-15,23,26,33H,2-4,16-17H2,1H3,(H,30,32)/t23-,26-/m0/s1. The van der Waals surface area contributed by atoms with E-state index in [-0.39, 0.29) is 19.0 Å². The molecular formula is C27H28FN3O4. The predicted molar refractivity (Wildman–Crippen MR) is 130 cm³/mol. The quantitative estimate of drug-likeness (QED) is 0.477. The van der Waals surface area contributed by atoms with Crippen molar-refractivity contribution in [2.45, 2.75) is 38.4 Å². The summed E-state index contributed by atoms with van der Waals surface area (Å²) in [7, 11) is 0. The molecule has 2 N–H and O–H groups in total. The molecule has 8 heteroatoms. The molecule has 1 aliphatic rings. The Labute approximate surface area is 203 Å². The normalized spacial score (nSPS) is 16.1. The Morgan fingerprint density at radius 1 is 1.20 bits per heavy atom. The zero-order valence-corrected chi connectivity index (χ0v) is 19.5. The number of aliphatic hydroxyl groups is 1. The van der Waals surface area contributed by atoms with Gasteiger partial charge in [0.15, 0.2) is 0 Å². The fraction of sp³-hybridized carbons (Fsp3) is 0.296. The summed E-state index contributed by atoms with van der Waals surface area (Å²) in [6, 6.07) is 15.7. The lowest BCUT2D eigenvalue weighted by Crippen LogP contribution is -2.33. The third kappa shape index (κ3) is 6.22. The van der Waals surface area contributed by atoms with Crippen LogP contribution in [-0.2, 0) is 16.0 Å². The molecule has 1 aliphatic heterocycles. The van der Waals surface area contributed by atoms with Crippen LogP contribution in [0.3, 0.4) is 0 Å². The number of amides is 2. The van der Waals surface area contributed by atoms with Gasteiger partial charge in [-0.3, -0.25) is 14.7 Å². The van der Waals surface area contributed by atoms with Gasteiger partial charge in [0.25, 0.3) is 0 Å². The second-order valence-corrected chi connectivity index (χ2v) is 8.60. The van der Waals surface area contributed by atoms with Gasteiger partial charge >= 0.3 is 6.09 Å². The first kappa shape index (κ1) is 24.3. The number of halogens is 1. The zero-order valence-electron chi connectivity index (χ0n) is 19.5. The molecule has 1 aromatic heterocycles. The van der Waals surface area contributed by atoms with Crippen LogP contribution < -0.4 is 10.2 Å². The van der Waals surface area contributed by atoms with Crippen molar-refractivity contribution in [3.63, 3.8) is 0 Å². The molecule has 3 aromatic rings. The Kier molecular flexibility index (Phi) is 7.72. The molecule has 2 heterocycles. The van der Waals surface area contributed by atoms with E-state index in [1.807, 2.05) is 24.3 Å². The van der Waals surface area contributed by atoms with E-state index < -0.39 is 24.1 Å². The molecule has 2 atom stereocenters. The molecule has 0 unspecified atom stereocenters. The largest absolute Gasteiger partial charge is 0.442 e. The highest BCUT2D eigenvalue weighted by Gasteiger charge is 2.32. The molecule has 0 aliphatic carbocycles. The third-order valence-electron chi connectivity index (χ3n) is 6.02. The number of ether oxygens (including phenoxy) is 1. The number of aliphatic hydroxyl groups excluding tert-OH is 1. The SMILES string of the molecule is CC(=O)NC[C@H]1CN(c2ccc(-c3ccc([C@@H](O)CCCc4ccncc4)cc3)c(F)c2)C(=O)O1. The molecule has 182 valence electrons. The molecule has 0 radical (unpaired) electrons. The van der Waals surface area contributed by atoms with Gasteiger partial charge in [-0.2, -0.15) is 0 Å². The number of aryl methyl sites for hydroxylation is 1. The van der Waals surface area contributed by atoms with E-state index in [4.69, 9.17) is 4.74 Å². The highest BCUT2D eigenvalue weighted by Crippen LogP contribution is 2.30.